The molecule has 2 heterocycles. The SMILES string of the molecule is CCOc1cc([C@H]2SCC(=O)Nc3c2c(C)nn3-c2cccc(C)c2)ccc1OCC(N)=O. The number of nitrogens with two attached hydrogens (primary N) is 1. The zero-order valence-corrected chi connectivity index (χ0v) is 19.6. The van der Waals surface area contributed by atoms with E-state index in [4.69, 9.17) is 20.3 Å². The van der Waals surface area contributed by atoms with Crippen LogP contribution in [0.5, 0.6) is 11.5 Å². The molecule has 3 aromatic rings. The number of benzene rings is 2. The number of ether oxygens (including phenoxy) is 2. The standard InChI is InChI=1S/C24H26N4O4S/c1-4-31-19-11-16(8-9-18(19)32-12-20(25)29)23-22-15(3)27-28(17-7-5-6-14(2)10-17)24(22)26-21(30)13-33-23/h5-11,23H,4,12-13H2,1-3H3,(H2,25,29)(H,26,30)/t23-/m1/s1. The maximum absolute atomic E-state index is 12.6. The number of rotatable bonds is 7. The number of carbonyl (C=O) groups is 2. The molecule has 0 spiro atoms. The first-order valence-electron chi connectivity index (χ1n) is 10.6. The zero-order valence-electron chi connectivity index (χ0n) is 18.8. The highest BCUT2D eigenvalue weighted by Crippen LogP contribution is 2.45. The van der Waals surface area contributed by atoms with Gasteiger partial charge in [-0.05, 0) is 56.2 Å². The Morgan fingerprint density at radius 1 is 1.21 bits per heavy atom. The molecular weight excluding hydrogens is 440 g/mol. The third-order valence-electron chi connectivity index (χ3n) is 5.19. The summed E-state index contributed by atoms with van der Waals surface area (Å²) in [4.78, 5) is 23.7. The summed E-state index contributed by atoms with van der Waals surface area (Å²) in [6.45, 7) is 6.05. The minimum Gasteiger partial charge on any atom is -0.490 e. The first-order valence-corrected chi connectivity index (χ1v) is 11.7. The van der Waals surface area contributed by atoms with Crippen LogP contribution >= 0.6 is 11.8 Å². The van der Waals surface area contributed by atoms with Crippen LogP contribution in [0.25, 0.3) is 5.69 Å². The van der Waals surface area contributed by atoms with Crippen molar-refractivity contribution < 1.29 is 19.1 Å². The van der Waals surface area contributed by atoms with Crippen molar-refractivity contribution in [2.24, 2.45) is 5.73 Å². The van der Waals surface area contributed by atoms with Crippen LogP contribution in [0.1, 0.15) is 34.6 Å². The maximum Gasteiger partial charge on any atom is 0.255 e. The van der Waals surface area contributed by atoms with E-state index in [1.165, 1.54) is 11.8 Å². The second kappa shape index (κ2) is 9.58. The molecule has 0 unspecified atom stereocenters. The van der Waals surface area contributed by atoms with Gasteiger partial charge in [0.15, 0.2) is 18.1 Å². The molecule has 0 radical (unpaired) electrons. The van der Waals surface area contributed by atoms with Crippen LogP contribution in [0.15, 0.2) is 42.5 Å². The number of nitrogens with zero attached hydrogens (tertiary/aromatic N) is 2. The topological polar surface area (TPSA) is 108 Å². The molecule has 0 aliphatic carbocycles. The van der Waals surface area contributed by atoms with Gasteiger partial charge in [0.25, 0.3) is 5.91 Å². The van der Waals surface area contributed by atoms with Crippen LogP contribution in [0.2, 0.25) is 0 Å². The number of amides is 2. The third kappa shape index (κ3) is 4.83. The monoisotopic (exact) mass is 466 g/mol. The molecule has 3 N–H and O–H groups in total. The molecule has 4 rings (SSSR count). The van der Waals surface area contributed by atoms with Gasteiger partial charge in [0.1, 0.15) is 5.82 Å². The number of aromatic nitrogens is 2. The molecule has 33 heavy (non-hydrogen) atoms. The lowest BCUT2D eigenvalue weighted by atomic mass is 10.0. The van der Waals surface area contributed by atoms with Crippen LogP contribution < -0.4 is 20.5 Å². The number of fused-ring (bicyclic) bond motifs is 1. The first kappa shape index (κ1) is 22.7. The molecule has 9 heteroatoms. The number of nitrogens with one attached hydrogen (secondary N) is 1. The fourth-order valence-electron chi connectivity index (χ4n) is 3.82. The number of thioether (sulfide) groups is 1. The average Bonchev–Trinajstić information content (AvgIpc) is 2.98. The van der Waals surface area contributed by atoms with E-state index in [0.29, 0.717) is 29.7 Å². The number of anilines is 1. The number of hydrogen-bond donors (Lipinski definition) is 2. The smallest absolute Gasteiger partial charge is 0.255 e. The Kier molecular flexibility index (Phi) is 6.60. The summed E-state index contributed by atoms with van der Waals surface area (Å²) >= 11 is 1.53. The molecule has 0 saturated heterocycles. The minimum atomic E-state index is -0.561. The zero-order chi connectivity index (χ0) is 23.5. The molecule has 0 bridgehead atoms. The van der Waals surface area contributed by atoms with E-state index >= 15 is 0 Å². The molecule has 1 aromatic heterocycles. The summed E-state index contributed by atoms with van der Waals surface area (Å²) in [6, 6.07) is 13.6. The molecule has 172 valence electrons. The van der Waals surface area contributed by atoms with Crippen molar-refractivity contribution in [2.75, 3.05) is 24.3 Å². The van der Waals surface area contributed by atoms with E-state index < -0.39 is 5.91 Å². The van der Waals surface area contributed by atoms with Crippen LogP contribution in [-0.4, -0.2) is 40.6 Å². The van der Waals surface area contributed by atoms with Crippen LogP contribution in [0, 0.1) is 13.8 Å². The van der Waals surface area contributed by atoms with Gasteiger partial charge < -0.3 is 20.5 Å². The predicted molar refractivity (Wildman–Crippen MR) is 128 cm³/mol. The Bertz CT molecular complexity index is 1210. The second-order valence-corrected chi connectivity index (χ2v) is 8.83. The van der Waals surface area contributed by atoms with E-state index in [9.17, 15) is 9.59 Å². The van der Waals surface area contributed by atoms with Crippen LogP contribution in [-0.2, 0) is 9.59 Å². The van der Waals surface area contributed by atoms with E-state index in [0.717, 1.165) is 28.1 Å². The molecule has 1 aliphatic heterocycles. The van der Waals surface area contributed by atoms with Crippen LogP contribution in [0.4, 0.5) is 5.82 Å². The van der Waals surface area contributed by atoms with Crippen molar-refractivity contribution in [3.05, 3.63) is 64.8 Å². The van der Waals surface area contributed by atoms with Gasteiger partial charge in [-0.2, -0.15) is 5.10 Å². The van der Waals surface area contributed by atoms with Gasteiger partial charge in [-0.1, -0.05) is 18.2 Å². The highest BCUT2D eigenvalue weighted by Gasteiger charge is 2.31. The summed E-state index contributed by atoms with van der Waals surface area (Å²) in [5, 5.41) is 7.66. The number of carbonyl (C=O) groups excluding carboxylic acids is 2. The molecule has 8 nitrogen and oxygen atoms in total. The largest absolute Gasteiger partial charge is 0.490 e. The fourth-order valence-corrected chi connectivity index (χ4v) is 5.00. The van der Waals surface area contributed by atoms with Gasteiger partial charge in [-0.15, -0.1) is 11.8 Å². The maximum atomic E-state index is 12.6. The lowest BCUT2D eigenvalue weighted by molar-refractivity contribution is -0.120. The minimum absolute atomic E-state index is 0.0796. The van der Waals surface area contributed by atoms with Crippen molar-refractivity contribution in [3.8, 4) is 17.2 Å². The van der Waals surface area contributed by atoms with Crippen molar-refractivity contribution in [3.63, 3.8) is 0 Å². The Labute approximate surface area is 196 Å². The van der Waals surface area contributed by atoms with Gasteiger partial charge in [0.05, 0.1) is 29.0 Å². The van der Waals surface area contributed by atoms with E-state index in [-0.39, 0.29) is 17.8 Å². The Morgan fingerprint density at radius 3 is 2.76 bits per heavy atom. The Balaban J connectivity index is 1.79. The number of aryl methyl sites for hydroxylation is 2. The number of hydrogen-bond acceptors (Lipinski definition) is 6. The highest BCUT2D eigenvalue weighted by molar-refractivity contribution is 8.00. The van der Waals surface area contributed by atoms with E-state index in [1.807, 2.05) is 57.2 Å². The summed E-state index contributed by atoms with van der Waals surface area (Å²) in [5.74, 6) is 1.30. The first-order chi connectivity index (χ1) is 15.9. The van der Waals surface area contributed by atoms with Gasteiger partial charge in [0, 0.05) is 5.56 Å². The van der Waals surface area contributed by atoms with Gasteiger partial charge >= 0.3 is 0 Å². The Morgan fingerprint density at radius 2 is 2.03 bits per heavy atom. The van der Waals surface area contributed by atoms with E-state index in [2.05, 4.69) is 5.32 Å². The highest BCUT2D eigenvalue weighted by atomic mass is 32.2. The quantitative estimate of drug-likeness (QED) is 0.552. The second-order valence-electron chi connectivity index (χ2n) is 7.73. The van der Waals surface area contributed by atoms with Crippen LogP contribution in [0.3, 0.4) is 0 Å². The molecule has 0 saturated carbocycles. The van der Waals surface area contributed by atoms with Crippen molar-refractivity contribution in [2.45, 2.75) is 26.0 Å². The van der Waals surface area contributed by atoms with Gasteiger partial charge in [-0.25, -0.2) is 4.68 Å². The van der Waals surface area contributed by atoms with E-state index in [1.54, 1.807) is 10.7 Å². The van der Waals surface area contributed by atoms with Crippen molar-refractivity contribution in [1.82, 2.24) is 9.78 Å². The molecule has 2 amide bonds. The summed E-state index contributed by atoms with van der Waals surface area (Å²) < 4.78 is 13.1. The summed E-state index contributed by atoms with van der Waals surface area (Å²) in [6.07, 6.45) is 0. The third-order valence-corrected chi connectivity index (χ3v) is 6.46. The summed E-state index contributed by atoms with van der Waals surface area (Å²) in [7, 11) is 0. The summed E-state index contributed by atoms with van der Waals surface area (Å²) in [5.41, 5.74) is 9.92. The lowest BCUT2D eigenvalue weighted by Crippen LogP contribution is -2.20. The average molecular weight is 467 g/mol. The predicted octanol–water partition coefficient (Wildman–Crippen LogP) is 3.53. The molecule has 1 atom stereocenters. The Hall–Kier alpha value is -3.46. The fraction of sp³-hybridized carbons (Fsp3) is 0.292. The molecule has 1 aliphatic rings. The van der Waals surface area contributed by atoms with Gasteiger partial charge in [-0.3, -0.25) is 9.59 Å². The molecule has 0 fully saturated rings. The van der Waals surface area contributed by atoms with Crippen molar-refractivity contribution >= 4 is 29.4 Å². The normalized spacial score (nSPS) is 15.4. The number of primary amides is 1. The lowest BCUT2D eigenvalue weighted by Gasteiger charge is -2.18. The van der Waals surface area contributed by atoms with Crippen molar-refractivity contribution in [1.29, 1.82) is 0 Å². The molecular formula is C24H26N4O4S. The molecule has 2 aromatic carbocycles. The van der Waals surface area contributed by atoms with Gasteiger partial charge in [0.2, 0.25) is 5.91 Å².